The van der Waals surface area contributed by atoms with Gasteiger partial charge in [-0.05, 0) is 53.3 Å². The SMILES string of the molecule is CCCc1nc(-c2ccc(Cl)cc2)nc(N)c1I. The second-order valence-electron chi connectivity index (χ2n) is 3.95. The van der Waals surface area contributed by atoms with Crippen molar-refractivity contribution in [2.45, 2.75) is 19.8 Å². The van der Waals surface area contributed by atoms with E-state index in [0.29, 0.717) is 16.7 Å². The molecule has 0 fully saturated rings. The standard InChI is InChI=1S/C13H13ClIN3/c1-2-3-10-11(15)12(16)18-13(17-10)8-4-6-9(14)7-5-8/h4-7H,2-3H2,1H3,(H2,16,17,18). The Morgan fingerprint density at radius 1 is 1.22 bits per heavy atom. The fraction of sp³-hybridized carbons (Fsp3) is 0.231. The molecule has 0 saturated carbocycles. The van der Waals surface area contributed by atoms with Crippen molar-refractivity contribution in [3.63, 3.8) is 0 Å². The molecule has 1 aromatic carbocycles. The van der Waals surface area contributed by atoms with Crippen LogP contribution >= 0.6 is 34.2 Å². The molecule has 0 saturated heterocycles. The van der Waals surface area contributed by atoms with Crippen LogP contribution in [0.25, 0.3) is 11.4 Å². The van der Waals surface area contributed by atoms with Crippen molar-refractivity contribution in [1.82, 2.24) is 9.97 Å². The van der Waals surface area contributed by atoms with Crippen molar-refractivity contribution in [2.75, 3.05) is 5.73 Å². The fourth-order valence-corrected chi connectivity index (χ4v) is 2.28. The topological polar surface area (TPSA) is 51.8 Å². The van der Waals surface area contributed by atoms with Gasteiger partial charge in [-0.15, -0.1) is 0 Å². The lowest BCUT2D eigenvalue weighted by molar-refractivity contribution is 0.869. The maximum Gasteiger partial charge on any atom is 0.161 e. The minimum Gasteiger partial charge on any atom is -0.383 e. The molecule has 5 heteroatoms. The van der Waals surface area contributed by atoms with Gasteiger partial charge < -0.3 is 5.73 Å². The summed E-state index contributed by atoms with van der Waals surface area (Å²) >= 11 is 8.07. The minimum absolute atomic E-state index is 0.541. The third-order valence-electron chi connectivity index (χ3n) is 2.53. The zero-order valence-electron chi connectivity index (χ0n) is 9.95. The van der Waals surface area contributed by atoms with Crippen LogP contribution in [0.5, 0.6) is 0 Å². The predicted octanol–water partition coefficient (Wildman–Crippen LogP) is 3.94. The molecule has 2 rings (SSSR count). The van der Waals surface area contributed by atoms with Crippen LogP contribution in [0.15, 0.2) is 24.3 Å². The number of nitrogen functional groups attached to an aromatic ring is 1. The Bertz CT molecular complexity index is 555. The molecule has 0 unspecified atom stereocenters. The first-order chi connectivity index (χ1) is 8.61. The molecule has 0 radical (unpaired) electrons. The molecule has 3 nitrogen and oxygen atoms in total. The minimum atomic E-state index is 0.541. The smallest absolute Gasteiger partial charge is 0.161 e. The van der Waals surface area contributed by atoms with Gasteiger partial charge in [0.15, 0.2) is 5.82 Å². The number of nitrogens with two attached hydrogens (primary N) is 1. The van der Waals surface area contributed by atoms with Crippen LogP contribution in [0.4, 0.5) is 5.82 Å². The molecule has 0 aliphatic carbocycles. The lowest BCUT2D eigenvalue weighted by Crippen LogP contribution is -2.04. The van der Waals surface area contributed by atoms with Crippen molar-refractivity contribution in [1.29, 1.82) is 0 Å². The van der Waals surface area contributed by atoms with Gasteiger partial charge in [-0.2, -0.15) is 0 Å². The van der Waals surface area contributed by atoms with Gasteiger partial charge in [-0.25, -0.2) is 9.97 Å². The van der Waals surface area contributed by atoms with E-state index in [1.807, 2.05) is 24.3 Å². The van der Waals surface area contributed by atoms with Gasteiger partial charge >= 0.3 is 0 Å². The Balaban J connectivity index is 2.48. The molecule has 2 aromatic rings. The van der Waals surface area contributed by atoms with Crippen molar-refractivity contribution < 1.29 is 0 Å². The van der Waals surface area contributed by atoms with Gasteiger partial charge in [0.25, 0.3) is 0 Å². The Morgan fingerprint density at radius 3 is 2.50 bits per heavy atom. The van der Waals surface area contributed by atoms with Crippen molar-refractivity contribution in [3.05, 3.63) is 38.6 Å². The molecule has 0 bridgehead atoms. The molecule has 0 aliphatic rings. The van der Waals surface area contributed by atoms with E-state index < -0.39 is 0 Å². The van der Waals surface area contributed by atoms with E-state index in [-0.39, 0.29) is 0 Å². The first kappa shape index (κ1) is 13.5. The fourth-order valence-electron chi connectivity index (χ4n) is 1.64. The second kappa shape index (κ2) is 5.84. The van der Waals surface area contributed by atoms with Gasteiger partial charge in [0.2, 0.25) is 0 Å². The molecule has 18 heavy (non-hydrogen) atoms. The van der Waals surface area contributed by atoms with E-state index in [1.54, 1.807) is 0 Å². The van der Waals surface area contributed by atoms with Crippen molar-refractivity contribution in [3.8, 4) is 11.4 Å². The molecule has 0 spiro atoms. The van der Waals surface area contributed by atoms with Crippen LogP contribution < -0.4 is 5.73 Å². The summed E-state index contributed by atoms with van der Waals surface area (Å²) in [6.45, 7) is 2.12. The third kappa shape index (κ3) is 2.92. The molecule has 0 amide bonds. The van der Waals surface area contributed by atoms with E-state index >= 15 is 0 Å². The first-order valence-electron chi connectivity index (χ1n) is 5.69. The normalized spacial score (nSPS) is 10.6. The van der Waals surface area contributed by atoms with Gasteiger partial charge in [0.1, 0.15) is 5.82 Å². The Labute approximate surface area is 125 Å². The summed E-state index contributed by atoms with van der Waals surface area (Å²) in [5.41, 5.74) is 7.87. The molecule has 1 heterocycles. The molecule has 1 aromatic heterocycles. The largest absolute Gasteiger partial charge is 0.383 e. The highest BCUT2D eigenvalue weighted by Gasteiger charge is 2.10. The summed E-state index contributed by atoms with van der Waals surface area (Å²) in [5.74, 6) is 1.20. The zero-order chi connectivity index (χ0) is 13.1. The number of anilines is 1. The highest BCUT2D eigenvalue weighted by molar-refractivity contribution is 14.1. The maximum absolute atomic E-state index is 5.93. The molecular formula is C13H13ClIN3. The van der Waals surface area contributed by atoms with Crippen LogP contribution in [-0.4, -0.2) is 9.97 Å². The van der Waals surface area contributed by atoms with Crippen molar-refractivity contribution >= 4 is 40.0 Å². The van der Waals surface area contributed by atoms with Gasteiger partial charge in [-0.1, -0.05) is 24.9 Å². The number of hydrogen-bond acceptors (Lipinski definition) is 3. The Kier molecular flexibility index (Phi) is 4.40. The molecule has 2 N–H and O–H groups in total. The van der Waals surface area contributed by atoms with E-state index in [0.717, 1.165) is 27.7 Å². The van der Waals surface area contributed by atoms with Crippen molar-refractivity contribution in [2.24, 2.45) is 0 Å². The summed E-state index contributed by atoms with van der Waals surface area (Å²) in [7, 11) is 0. The van der Waals surface area contributed by atoms with Crippen LogP contribution in [0.3, 0.4) is 0 Å². The highest BCUT2D eigenvalue weighted by Crippen LogP contribution is 2.24. The van der Waals surface area contributed by atoms with Crippen LogP contribution in [0, 0.1) is 3.57 Å². The van der Waals surface area contributed by atoms with E-state index in [1.165, 1.54) is 0 Å². The zero-order valence-corrected chi connectivity index (χ0v) is 12.9. The number of aromatic nitrogens is 2. The number of halogens is 2. The molecule has 0 aliphatic heterocycles. The molecule has 0 atom stereocenters. The summed E-state index contributed by atoms with van der Waals surface area (Å²) in [4.78, 5) is 8.91. The highest BCUT2D eigenvalue weighted by atomic mass is 127. The number of benzene rings is 1. The molecular weight excluding hydrogens is 361 g/mol. The van der Waals surface area contributed by atoms with Crippen LogP contribution in [0.2, 0.25) is 5.02 Å². The van der Waals surface area contributed by atoms with Crippen LogP contribution in [-0.2, 0) is 6.42 Å². The summed E-state index contributed by atoms with van der Waals surface area (Å²) in [5, 5.41) is 0.700. The summed E-state index contributed by atoms with van der Waals surface area (Å²) < 4.78 is 0.951. The van der Waals surface area contributed by atoms with Crippen LogP contribution in [0.1, 0.15) is 19.0 Å². The summed E-state index contributed by atoms with van der Waals surface area (Å²) in [6, 6.07) is 7.46. The maximum atomic E-state index is 5.93. The van der Waals surface area contributed by atoms with Gasteiger partial charge in [0.05, 0.1) is 9.26 Å². The molecule has 94 valence electrons. The number of aryl methyl sites for hydroxylation is 1. The Morgan fingerprint density at radius 2 is 1.89 bits per heavy atom. The lowest BCUT2D eigenvalue weighted by atomic mass is 10.2. The predicted molar refractivity (Wildman–Crippen MR) is 83.6 cm³/mol. The van der Waals surface area contributed by atoms with Gasteiger partial charge in [0, 0.05) is 10.6 Å². The van der Waals surface area contributed by atoms with Gasteiger partial charge in [-0.3, -0.25) is 0 Å². The van der Waals surface area contributed by atoms with E-state index in [9.17, 15) is 0 Å². The third-order valence-corrected chi connectivity index (χ3v) is 3.96. The van der Waals surface area contributed by atoms with E-state index in [4.69, 9.17) is 17.3 Å². The quantitative estimate of drug-likeness (QED) is 0.829. The first-order valence-corrected chi connectivity index (χ1v) is 7.15. The lowest BCUT2D eigenvalue weighted by Gasteiger charge is -2.08. The Hall–Kier alpha value is -0.880. The average Bonchev–Trinajstić information content (AvgIpc) is 2.36. The summed E-state index contributed by atoms with van der Waals surface area (Å²) in [6.07, 6.45) is 1.94. The number of nitrogens with zero attached hydrogens (tertiary/aromatic N) is 2. The average molecular weight is 374 g/mol. The second-order valence-corrected chi connectivity index (χ2v) is 5.47. The monoisotopic (exact) mass is 373 g/mol. The van der Waals surface area contributed by atoms with E-state index in [2.05, 4.69) is 39.5 Å². The number of hydrogen-bond donors (Lipinski definition) is 1. The number of rotatable bonds is 3.